The summed E-state index contributed by atoms with van der Waals surface area (Å²) in [4.78, 5) is 7.75. The summed E-state index contributed by atoms with van der Waals surface area (Å²) in [7, 11) is 1.68. The lowest BCUT2D eigenvalue weighted by Gasteiger charge is -2.03. The van der Waals surface area contributed by atoms with E-state index in [1.807, 2.05) is 24.4 Å². The van der Waals surface area contributed by atoms with Gasteiger partial charge in [0, 0.05) is 24.9 Å². The lowest BCUT2D eigenvalue weighted by molar-refractivity contribution is 0.414. The van der Waals surface area contributed by atoms with Crippen LogP contribution in [0.2, 0.25) is 0 Å². The predicted molar refractivity (Wildman–Crippen MR) is 76.4 cm³/mol. The molecule has 0 saturated heterocycles. The Balaban J connectivity index is 1.95. The van der Waals surface area contributed by atoms with Gasteiger partial charge in [-0.2, -0.15) is 0 Å². The normalized spacial score (nSPS) is 10.6. The highest BCUT2D eigenvalue weighted by atomic mass is 16.5. The molecule has 2 N–H and O–H groups in total. The first kappa shape index (κ1) is 13.6. The third kappa shape index (κ3) is 4.10. The third-order valence-electron chi connectivity index (χ3n) is 2.93. The van der Waals surface area contributed by atoms with E-state index in [2.05, 4.69) is 28.3 Å². The van der Waals surface area contributed by atoms with Gasteiger partial charge in [-0.3, -0.25) is 0 Å². The Kier molecular flexibility index (Phi) is 4.98. The van der Waals surface area contributed by atoms with Crippen LogP contribution in [0, 0.1) is 0 Å². The van der Waals surface area contributed by atoms with Gasteiger partial charge in [0.25, 0.3) is 0 Å². The summed E-state index contributed by atoms with van der Waals surface area (Å²) >= 11 is 0. The molecule has 0 saturated carbocycles. The molecule has 0 aliphatic rings. The first-order valence-corrected chi connectivity index (χ1v) is 6.68. The molecule has 1 aromatic heterocycles. The number of rotatable bonds is 7. The predicted octanol–water partition coefficient (Wildman–Crippen LogP) is 2.51. The molecule has 0 bridgehead atoms. The van der Waals surface area contributed by atoms with E-state index in [-0.39, 0.29) is 0 Å². The van der Waals surface area contributed by atoms with Crippen LogP contribution in [-0.4, -0.2) is 23.6 Å². The lowest BCUT2D eigenvalue weighted by Crippen LogP contribution is -2.13. The first-order chi connectivity index (χ1) is 9.31. The van der Waals surface area contributed by atoms with Crippen LogP contribution in [0.1, 0.15) is 30.4 Å². The summed E-state index contributed by atoms with van der Waals surface area (Å²) in [6.07, 6.45) is 3.84. The third-order valence-corrected chi connectivity index (χ3v) is 2.93. The highest BCUT2D eigenvalue weighted by molar-refractivity contribution is 5.30. The van der Waals surface area contributed by atoms with E-state index >= 15 is 0 Å². The molecule has 0 aliphatic heterocycles. The molecule has 0 fully saturated rings. The van der Waals surface area contributed by atoms with Crippen LogP contribution in [-0.2, 0) is 13.0 Å². The lowest BCUT2D eigenvalue weighted by atomic mass is 10.1. The van der Waals surface area contributed by atoms with Gasteiger partial charge in [-0.05, 0) is 30.7 Å². The minimum atomic E-state index is 0.797. The Bertz CT molecular complexity index is 508. The van der Waals surface area contributed by atoms with E-state index in [0.29, 0.717) is 0 Å². The fourth-order valence-corrected chi connectivity index (χ4v) is 1.96. The molecular weight excluding hydrogens is 238 g/mol. The number of aromatic amines is 1. The zero-order valence-corrected chi connectivity index (χ0v) is 11.6. The molecule has 0 unspecified atom stereocenters. The number of hydrogen-bond donors (Lipinski definition) is 2. The van der Waals surface area contributed by atoms with Crippen LogP contribution in [0.3, 0.4) is 0 Å². The molecule has 0 atom stereocenters. The van der Waals surface area contributed by atoms with Gasteiger partial charge in [-0.1, -0.05) is 19.1 Å². The van der Waals surface area contributed by atoms with E-state index in [0.717, 1.165) is 43.2 Å². The molecule has 4 heteroatoms. The van der Waals surface area contributed by atoms with Gasteiger partial charge in [0.2, 0.25) is 0 Å². The summed E-state index contributed by atoms with van der Waals surface area (Å²) in [5.41, 5.74) is 2.33. The van der Waals surface area contributed by atoms with Crippen LogP contribution < -0.4 is 10.1 Å². The second-order valence-electron chi connectivity index (χ2n) is 4.56. The van der Waals surface area contributed by atoms with Crippen molar-refractivity contribution in [3.8, 4) is 5.75 Å². The van der Waals surface area contributed by atoms with E-state index in [9.17, 15) is 0 Å². The van der Waals surface area contributed by atoms with Crippen LogP contribution in [0.15, 0.2) is 30.5 Å². The van der Waals surface area contributed by atoms with Gasteiger partial charge in [-0.25, -0.2) is 4.98 Å². The first-order valence-electron chi connectivity index (χ1n) is 6.68. The number of methoxy groups -OCH3 is 1. The second-order valence-corrected chi connectivity index (χ2v) is 4.56. The maximum absolute atomic E-state index is 5.22. The molecule has 4 nitrogen and oxygen atoms in total. The maximum Gasteiger partial charge on any atom is 0.119 e. The molecular formula is C15H21N3O. The van der Waals surface area contributed by atoms with Crippen molar-refractivity contribution in [2.75, 3.05) is 13.7 Å². The highest BCUT2D eigenvalue weighted by Crippen LogP contribution is 2.14. The quantitative estimate of drug-likeness (QED) is 0.751. The minimum Gasteiger partial charge on any atom is -0.497 e. The smallest absolute Gasteiger partial charge is 0.119 e. The molecule has 0 aliphatic carbocycles. The Morgan fingerprint density at radius 1 is 1.37 bits per heavy atom. The number of hydrogen-bond acceptors (Lipinski definition) is 3. The Morgan fingerprint density at radius 2 is 2.26 bits per heavy atom. The summed E-state index contributed by atoms with van der Waals surface area (Å²) in [6.45, 7) is 4.04. The van der Waals surface area contributed by atoms with Gasteiger partial charge in [-0.15, -0.1) is 0 Å². The van der Waals surface area contributed by atoms with Crippen molar-refractivity contribution in [2.45, 2.75) is 26.3 Å². The molecule has 19 heavy (non-hydrogen) atoms. The average molecular weight is 259 g/mol. The number of benzene rings is 1. The standard InChI is InChI=1S/C15H21N3O/c1-3-7-16-10-13-11-17-15(18-13)9-12-5-4-6-14(8-12)19-2/h4-6,8,11,16H,3,7,9-10H2,1-2H3,(H,17,18). The Hall–Kier alpha value is -1.81. The van der Waals surface area contributed by atoms with Crippen molar-refractivity contribution in [3.05, 3.63) is 47.5 Å². The van der Waals surface area contributed by atoms with Crippen LogP contribution in [0.5, 0.6) is 5.75 Å². The summed E-state index contributed by atoms with van der Waals surface area (Å²) < 4.78 is 5.22. The Labute approximate surface area is 114 Å². The number of H-pyrrole nitrogens is 1. The molecule has 1 heterocycles. The van der Waals surface area contributed by atoms with Gasteiger partial charge in [0.05, 0.1) is 7.11 Å². The zero-order valence-electron chi connectivity index (χ0n) is 11.6. The van der Waals surface area contributed by atoms with Crippen molar-refractivity contribution >= 4 is 0 Å². The summed E-state index contributed by atoms with van der Waals surface area (Å²) in [5, 5.41) is 3.36. The highest BCUT2D eigenvalue weighted by Gasteiger charge is 2.03. The fraction of sp³-hybridized carbons (Fsp3) is 0.400. The maximum atomic E-state index is 5.22. The zero-order chi connectivity index (χ0) is 13.5. The number of nitrogens with zero attached hydrogens (tertiary/aromatic N) is 1. The fourth-order valence-electron chi connectivity index (χ4n) is 1.96. The van der Waals surface area contributed by atoms with E-state index < -0.39 is 0 Å². The van der Waals surface area contributed by atoms with Gasteiger partial charge < -0.3 is 15.0 Å². The monoisotopic (exact) mass is 259 g/mol. The molecule has 0 radical (unpaired) electrons. The molecule has 0 spiro atoms. The van der Waals surface area contributed by atoms with E-state index in [1.54, 1.807) is 7.11 Å². The topological polar surface area (TPSA) is 49.9 Å². The van der Waals surface area contributed by atoms with Crippen LogP contribution in [0.4, 0.5) is 0 Å². The average Bonchev–Trinajstić information content (AvgIpc) is 2.87. The van der Waals surface area contributed by atoms with E-state index in [1.165, 1.54) is 5.56 Å². The molecule has 2 aromatic rings. The van der Waals surface area contributed by atoms with Crippen molar-refractivity contribution in [1.29, 1.82) is 0 Å². The molecule has 0 amide bonds. The number of aromatic nitrogens is 2. The van der Waals surface area contributed by atoms with Crippen molar-refractivity contribution in [2.24, 2.45) is 0 Å². The van der Waals surface area contributed by atoms with Crippen LogP contribution >= 0.6 is 0 Å². The number of nitrogens with one attached hydrogen (secondary N) is 2. The van der Waals surface area contributed by atoms with Crippen LogP contribution in [0.25, 0.3) is 0 Å². The minimum absolute atomic E-state index is 0.797. The molecule has 2 rings (SSSR count). The number of imidazole rings is 1. The van der Waals surface area contributed by atoms with Gasteiger partial charge >= 0.3 is 0 Å². The Morgan fingerprint density at radius 3 is 3.05 bits per heavy atom. The molecule has 102 valence electrons. The number of ether oxygens (including phenoxy) is 1. The van der Waals surface area contributed by atoms with Crippen molar-refractivity contribution in [3.63, 3.8) is 0 Å². The van der Waals surface area contributed by atoms with Gasteiger partial charge in [0.1, 0.15) is 11.6 Å². The van der Waals surface area contributed by atoms with Crippen molar-refractivity contribution in [1.82, 2.24) is 15.3 Å². The van der Waals surface area contributed by atoms with E-state index in [4.69, 9.17) is 4.74 Å². The summed E-state index contributed by atoms with van der Waals surface area (Å²) in [6, 6.07) is 8.07. The summed E-state index contributed by atoms with van der Waals surface area (Å²) in [5.74, 6) is 1.87. The van der Waals surface area contributed by atoms with Gasteiger partial charge in [0.15, 0.2) is 0 Å². The molecule has 1 aromatic carbocycles. The van der Waals surface area contributed by atoms with Crippen molar-refractivity contribution < 1.29 is 4.74 Å². The largest absolute Gasteiger partial charge is 0.497 e. The SMILES string of the molecule is CCCNCc1cnc(Cc2cccc(OC)c2)[nH]1. The second kappa shape index (κ2) is 6.95.